The third kappa shape index (κ3) is 5.25. The highest BCUT2D eigenvalue weighted by atomic mass is 127. The lowest BCUT2D eigenvalue weighted by Gasteiger charge is -2.07. The van der Waals surface area contributed by atoms with E-state index < -0.39 is 11.9 Å². The normalized spacial score (nSPS) is 12.3. The molecular formula is C16H16IN3O4S. The second-order valence-corrected chi connectivity index (χ2v) is 8.26. The van der Waals surface area contributed by atoms with Crippen molar-refractivity contribution in [2.24, 2.45) is 5.73 Å². The van der Waals surface area contributed by atoms with Gasteiger partial charge in [-0.15, -0.1) is 11.3 Å². The van der Waals surface area contributed by atoms with Gasteiger partial charge in [-0.3, -0.25) is 4.68 Å². The highest BCUT2D eigenvalue weighted by molar-refractivity contribution is 14.1. The maximum Gasteiger partial charge on any atom is 0.328 e. The van der Waals surface area contributed by atoms with Crippen molar-refractivity contribution in [3.63, 3.8) is 0 Å². The summed E-state index contributed by atoms with van der Waals surface area (Å²) in [5.74, 6) is -2.51. The van der Waals surface area contributed by atoms with Crippen molar-refractivity contribution < 1.29 is 19.8 Å². The summed E-state index contributed by atoms with van der Waals surface area (Å²) in [5, 5.41) is 22.5. The topological polar surface area (TPSA) is 118 Å². The van der Waals surface area contributed by atoms with Gasteiger partial charge in [0.15, 0.2) is 0 Å². The summed E-state index contributed by atoms with van der Waals surface area (Å²) < 4.78 is 4.64. The molecule has 0 saturated carbocycles. The van der Waals surface area contributed by atoms with Gasteiger partial charge in [-0.1, -0.05) is 0 Å². The van der Waals surface area contributed by atoms with E-state index in [1.54, 1.807) is 0 Å². The van der Waals surface area contributed by atoms with Gasteiger partial charge < -0.3 is 15.9 Å². The zero-order chi connectivity index (χ0) is 18.6. The molecule has 2 heterocycles. The van der Waals surface area contributed by atoms with Crippen LogP contribution < -0.4 is 5.73 Å². The van der Waals surface area contributed by atoms with E-state index in [4.69, 9.17) is 15.9 Å². The first-order chi connectivity index (χ1) is 11.8. The van der Waals surface area contributed by atoms with E-state index in [0.717, 1.165) is 6.54 Å². The number of nitrogens with two attached hydrogens (primary N) is 1. The molecule has 132 valence electrons. The number of nitrogens with zero attached hydrogens (tertiary/aromatic N) is 2. The Balaban J connectivity index is 0.000000242. The Kier molecular flexibility index (Phi) is 6.51. The maximum absolute atomic E-state index is 9.55. The first-order valence-corrected chi connectivity index (χ1v) is 9.10. The predicted molar refractivity (Wildman–Crippen MR) is 106 cm³/mol. The first-order valence-electron chi connectivity index (χ1n) is 7.21. The molecule has 9 heteroatoms. The molecule has 2 aromatic heterocycles. The van der Waals surface area contributed by atoms with Crippen LogP contribution >= 0.6 is 33.9 Å². The van der Waals surface area contributed by atoms with Crippen molar-refractivity contribution in [3.05, 3.63) is 39.4 Å². The number of aliphatic carboxylic acids is 2. The molecule has 4 N–H and O–H groups in total. The molecule has 7 nitrogen and oxygen atoms in total. The number of carbonyl (C=O) groups is 2. The van der Waals surface area contributed by atoms with Gasteiger partial charge in [-0.25, -0.2) is 9.59 Å². The van der Waals surface area contributed by atoms with Gasteiger partial charge in [0.2, 0.25) is 0 Å². The number of hydrogen-bond acceptors (Lipinski definition) is 5. The molecule has 0 radical (unpaired) electrons. The van der Waals surface area contributed by atoms with Crippen LogP contribution in [0.5, 0.6) is 0 Å². The molecule has 3 rings (SSSR count). The van der Waals surface area contributed by atoms with Crippen molar-refractivity contribution in [2.45, 2.75) is 19.5 Å². The second kappa shape index (κ2) is 8.41. The summed E-state index contributed by atoms with van der Waals surface area (Å²) in [6, 6.07) is 6.64. The van der Waals surface area contributed by atoms with Crippen LogP contribution in [0.2, 0.25) is 0 Å². The molecular weight excluding hydrogens is 457 g/mol. The monoisotopic (exact) mass is 473 g/mol. The molecule has 0 aliphatic rings. The van der Waals surface area contributed by atoms with Crippen molar-refractivity contribution in [1.29, 1.82) is 0 Å². The lowest BCUT2D eigenvalue weighted by Crippen LogP contribution is -2.22. The molecule has 25 heavy (non-hydrogen) atoms. The summed E-state index contributed by atoms with van der Waals surface area (Å²) >= 11 is 4.18. The molecule has 0 saturated heterocycles. The van der Waals surface area contributed by atoms with Crippen LogP contribution in [0.25, 0.3) is 21.0 Å². The zero-order valence-electron chi connectivity index (χ0n) is 13.2. The van der Waals surface area contributed by atoms with Crippen molar-refractivity contribution in [1.82, 2.24) is 9.78 Å². The van der Waals surface area contributed by atoms with Crippen LogP contribution in [-0.4, -0.2) is 38.0 Å². The Morgan fingerprint density at radius 2 is 2.00 bits per heavy atom. The Hall–Kier alpha value is -1.98. The molecule has 0 amide bonds. The number of hydrogen-bond donors (Lipinski definition) is 3. The number of benzene rings is 1. The number of halogens is 1. The Bertz CT molecular complexity index is 930. The summed E-state index contributed by atoms with van der Waals surface area (Å²) in [4.78, 5) is 19.1. The average molecular weight is 473 g/mol. The van der Waals surface area contributed by atoms with Gasteiger partial charge in [0.05, 0.1) is 21.1 Å². The second-order valence-electron chi connectivity index (χ2n) is 5.28. The number of fused-ring (bicyclic) bond motifs is 3. The molecule has 0 aliphatic heterocycles. The van der Waals surface area contributed by atoms with E-state index in [-0.39, 0.29) is 6.04 Å². The molecule has 0 aliphatic carbocycles. The fraction of sp³-hybridized carbons (Fsp3) is 0.188. The SMILES string of the molecule is C[C@H](N)Cn1ncc2ccc3sc(I)cc3c21.O=C(O)C=CC(=O)O. The van der Waals surface area contributed by atoms with E-state index in [1.807, 2.05) is 29.1 Å². The fourth-order valence-electron chi connectivity index (χ4n) is 2.22. The van der Waals surface area contributed by atoms with Gasteiger partial charge in [-0.2, -0.15) is 5.10 Å². The van der Waals surface area contributed by atoms with Crippen LogP contribution in [0.4, 0.5) is 0 Å². The first kappa shape index (κ1) is 19.3. The van der Waals surface area contributed by atoms with Crippen molar-refractivity contribution >= 4 is 66.9 Å². The Morgan fingerprint density at radius 1 is 1.36 bits per heavy atom. The summed E-state index contributed by atoms with van der Waals surface area (Å²) in [6.07, 6.45) is 3.03. The molecule has 0 bridgehead atoms. The average Bonchev–Trinajstić information content (AvgIpc) is 3.07. The van der Waals surface area contributed by atoms with Crippen LogP contribution in [0.15, 0.2) is 36.5 Å². The van der Waals surface area contributed by atoms with Crippen molar-refractivity contribution in [2.75, 3.05) is 0 Å². The highest BCUT2D eigenvalue weighted by Gasteiger charge is 2.10. The minimum Gasteiger partial charge on any atom is -0.478 e. The van der Waals surface area contributed by atoms with Crippen LogP contribution in [0.1, 0.15) is 6.92 Å². The number of rotatable bonds is 4. The molecule has 0 spiro atoms. The lowest BCUT2D eigenvalue weighted by atomic mass is 10.2. The largest absolute Gasteiger partial charge is 0.478 e. The lowest BCUT2D eigenvalue weighted by molar-refractivity contribution is -0.134. The van der Waals surface area contributed by atoms with Gasteiger partial charge in [0.1, 0.15) is 0 Å². The third-order valence-corrected chi connectivity index (χ3v) is 4.96. The molecule has 1 atom stereocenters. The van der Waals surface area contributed by atoms with Crippen molar-refractivity contribution in [3.8, 4) is 0 Å². The maximum atomic E-state index is 9.55. The van der Waals surface area contributed by atoms with E-state index in [2.05, 4.69) is 45.9 Å². The smallest absolute Gasteiger partial charge is 0.328 e. The molecule has 1 aromatic carbocycles. The number of carboxylic acids is 2. The molecule has 3 aromatic rings. The summed E-state index contributed by atoms with van der Waals surface area (Å²) in [6.45, 7) is 2.76. The fourth-order valence-corrected chi connectivity index (χ4v) is 4.03. The van der Waals surface area contributed by atoms with Gasteiger partial charge in [0.25, 0.3) is 0 Å². The number of aromatic nitrogens is 2. The van der Waals surface area contributed by atoms with E-state index >= 15 is 0 Å². The van der Waals surface area contributed by atoms with Crippen LogP contribution in [0, 0.1) is 2.88 Å². The minimum absolute atomic E-state index is 0.117. The highest BCUT2D eigenvalue weighted by Crippen LogP contribution is 2.32. The van der Waals surface area contributed by atoms with Gasteiger partial charge >= 0.3 is 11.9 Å². The molecule has 0 fully saturated rings. The summed E-state index contributed by atoms with van der Waals surface area (Å²) in [7, 11) is 0. The van der Waals surface area contributed by atoms with Gasteiger partial charge in [-0.05, 0) is 47.7 Å². The van der Waals surface area contributed by atoms with E-state index in [0.29, 0.717) is 12.2 Å². The van der Waals surface area contributed by atoms with Crippen LogP contribution in [0.3, 0.4) is 0 Å². The van der Waals surface area contributed by atoms with Crippen LogP contribution in [-0.2, 0) is 16.1 Å². The standard InChI is InChI=1S/C12H12IN3S.C4H4O4/c1-7(14)6-16-12-8(5-15-16)2-3-10-9(12)4-11(13)17-10;5-3(6)1-2-4(7)8/h2-5,7H,6,14H2,1H3;1-2H,(H,5,6)(H,7,8)/t7-;/m0./s1. The van der Waals surface area contributed by atoms with E-state index in [9.17, 15) is 9.59 Å². The van der Waals surface area contributed by atoms with E-state index in [1.165, 1.54) is 23.9 Å². The predicted octanol–water partition coefficient (Wildman–Crippen LogP) is 2.91. The van der Waals surface area contributed by atoms with Gasteiger partial charge in [0, 0.05) is 33.7 Å². The zero-order valence-corrected chi connectivity index (χ0v) is 16.2. The molecule has 0 unspecified atom stereocenters. The number of thiophene rings is 1. The quantitative estimate of drug-likeness (QED) is 0.396. The third-order valence-electron chi connectivity index (χ3n) is 3.10. The number of carboxylic acid groups (broad SMARTS) is 2. The Morgan fingerprint density at radius 3 is 2.56 bits per heavy atom. The Labute approximate surface area is 160 Å². The summed E-state index contributed by atoms with van der Waals surface area (Å²) in [5.41, 5.74) is 7.07. The minimum atomic E-state index is -1.26.